The van der Waals surface area contributed by atoms with Gasteiger partial charge in [-0.25, -0.2) is 4.98 Å². The van der Waals surface area contributed by atoms with Crippen molar-refractivity contribution in [3.63, 3.8) is 0 Å². The van der Waals surface area contributed by atoms with Gasteiger partial charge in [-0.2, -0.15) is 0 Å². The number of rotatable bonds is 5. The van der Waals surface area contributed by atoms with Gasteiger partial charge in [0, 0.05) is 24.2 Å². The van der Waals surface area contributed by atoms with E-state index in [0.717, 1.165) is 19.6 Å². The van der Waals surface area contributed by atoms with E-state index in [9.17, 15) is 0 Å². The zero-order chi connectivity index (χ0) is 11.2. The smallest absolute Gasteiger partial charge is 0.107 e. The number of thiazole rings is 1. The van der Waals surface area contributed by atoms with Crippen LogP contribution < -0.4 is 5.32 Å². The van der Waals surface area contributed by atoms with E-state index in [4.69, 9.17) is 0 Å². The average molecular weight is 239 g/mol. The zero-order valence-corrected chi connectivity index (χ0v) is 10.8. The van der Waals surface area contributed by atoms with Crippen LogP contribution in [0, 0.1) is 0 Å². The van der Waals surface area contributed by atoms with Gasteiger partial charge in [0.2, 0.25) is 0 Å². The normalized spacial score (nSPS) is 21.5. The first kappa shape index (κ1) is 12.0. The molecule has 1 N–H and O–H groups in total. The second-order valence-corrected chi connectivity index (χ2v) is 5.38. The molecule has 16 heavy (non-hydrogen) atoms. The number of hydrogen-bond donors (Lipinski definition) is 1. The van der Waals surface area contributed by atoms with Gasteiger partial charge in [-0.15, -0.1) is 11.3 Å². The fourth-order valence-electron chi connectivity index (χ4n) is 2.22. The summed E-state index contributed by atoms with van der Waals surface area (Å²) in [5, 5.41) is 6.90. The minimum absolute atomic E-state index is 0.689. The minimum atomic E-state index is 0.689. The summed E-state index contributed by atoms with van der Waals surface area (Å²) in [5.74, 6) is 0. The lowest BCUT2D eigenvalue weighted by atomic mass is 10.0. The summed E-state index contributed by atoms with van der Waals surface area (Å²) in [7, 11) is 0. The molecule has 1 aliphatic heterocycles. The Labute approximate surface area is 102 Å². The molecule has 4 heteroatoms. The predicted octanol–water partition coefficient (Wildman–Crippen LogP) is 2.11. The molecule has 0 saturated carbocycles. The molecule has 0 spiro atoms. The minimum Gasteiger partial charge on any atom is -0.313 e. The van der Waals surface area contributed by atoms with Crippen LogP contribution in [0.5, 0.6) is 0 Å². The van der Waals surface area contributed by atoms with Gasteiger partial charge in [0.15, 0.2) is 0 Å². The monoisotopic (exact) mass is 239 g/mol. The van der Waals surface area contributed by atoms with Crippen LogP contribution in [0.15, 0.2) is 11.6 Å². The molecule has 0 aliphatic carbocycles. The van der Waals surface area contributed by atoms with Gasteiger partial charge in [0.1, 0.15) is 5.01 Å². The van der Waals surface area contributed by atoms with Crippen LogP contribution in [0.25, 0.3) is 0 Å². The van der Waals surface area contributed by atoms with Gasteiger partial charge in [-0.1, -0.05) is 13.3 Å². The van der Waals surface area contributed by atoms with E-state index in [2.05, 4.69) is 27.5 Å². The van der Waals surface area contributed by atoms with Gasteiger partial charge in [-0.05, 0) is 25.9 Å². The molecule has 2 heterocycles. The van der Waals surface area contributed by atoms with Gasteiger partial charge in [0.25, 0.3) is 0 Å². The number of nitrogens with one attached hydrogen (secondary N) is 1. The second kappa shape index (κ2) is 6.33. The van der Waals surface area contributed by atoms with Gasteiger partial charge in [0.05, 0.1) is 6.54 Å². The lowest BCUT2D eigenvalue weighted by Gasteiger charge is -2.29. The molecule has 1 atom stereocenters. The fraction of sp³-hybridized carbons (Fsp3) is 0.750. The van der Waals surface area contributed by atoms with E-state index >= 15 is 0 Å². The fourth-order valence-corrected chi connectivity index (χ4v) is 2.88. The maximum atomic E-state index is 4.35. The Morgan fingerprint density at radius 3 is 3.12 bits per heavy atom. The third-order valence-electron chi connectivity index (χ3n) is 3.18. The van der Waals surface area contributed by atoms with Gasteiger partial charge >= 0.3 is 0 Å². The van der Waals surface area contributed by atoms with Crippen molar-refractivity contribution in [2.75, 3.05) is 19.6 Å². The van der Waals surface area contributed by atoms with Crippen molar-refractivity contribution in [3.05, 3.63) is 16.6 Å². The summed E-state index contributed by atoms with van der Waals surface area (Å²) < 4.78 is 0. The van der Waals surface area contributed by atoms with E-state index in [1.54, 1.807) is 11.3 Å². The SMILES string of the molecule is CCN(Cc1nccs1)CC1CCCCN1. The first-order chi connectivity index (χ1) is 7.88. The molecule has 3 nitrogen and oxygen atoms in total. The van der Waals surface area contributed by atoms with E-state index in [0.29, 0.717) is 6.04 Å². The summed E-state index contributed by atoms with van der Waals surface area (Å²) >= 11 is 1.76. The summed E-state index contributed by atoms with van der Waals surface area (Å²) in [6, 6.07) is 0.689. The van der Waals surface area contributed by atoms with Crippen LogP contribution in [-0.2, 0) is 6.54 Å². The Morgan fingerprint density at radius 1 is 1.56 bits per heavy atom. The van der Waals surface area contributed by atoms with Crippen LogP contribution in [0.2, 0.25) is 0 Å². The topological polar surface area (TPSA) is 28.2 Å². The molecule has 1 aromatic heterocycles. The number of likely N-dealkylation sites (N-methyl/N-ethyl adjacent to an activating group) is 1. The van der Waals surface area contributed by atoms with Crippen LogP contribution in [-0.4, -0.2) is 35.6 Å². The first-order valence-electron chi connectivity index (χ1n) is 6.22. The van der Waals surface area contributed by atoms with Gasteiger partial charge in [-0.3, -0.25) is 4.90 Å². The second-order valence-electron chi connectivity index (χ2n) is 4.40. The highest BCUT2D eigenvalue weighted by atomic mass is 32.1. The van der Waals surface area contributed by atoms with Crippen molar-refractivity contribution in [1.82, 2.24) is 15.2 Å². The maximum absolute atomic E-state index is 4.35. The molecule has 1 aliphatic rings. The molecule has 1 aromatic rings. The molecule has 2 rings (SSSR count). The Hall–Kier alpha value is -0.450. The van der Waals surface area contributed by atoms with E-state index in [1.807, 2.05) is 6.20 Å². The maximum Gasteiger partial charge on any atom is 0.107 e. The predicted molar refractivity (Wildman–Crippen MR) is 68.7 cm³/mol. The Morgan fingerprint density at radius 2 is 2.50 bits per heavy atom. The molecule has 1 fully saturated rings. The summed E-state index contributed by atoms with van der Waals surface area (Å²) in [6.07, 6.45) is 5.95. The molecule has 90 valence electrons. The highest BCUT2D eigenvalue weighted by molar-refractivity contribution is 7.09. The van der Waals surface area contributed by atoms with Gasteiger partial charge < -0.3 is 5.32 Å². The van der Waals surface area contributed by atoms with Crippen LogP contribution in [0.3, 0.4) is 0 Å². The lowest BCUT2D eigenvalue weighted by Crippen LogP contribution is -2.43. The third kappa shape index (κ3) is 3.54. The van der Waals surface area contributed by atoms with Crippen molar-refractivity contribution in [2.24, 2.45) is 0 Å². The zero-order valence-electron chi connectivity index (χ0n) is 9.98. The number of hydrogen-bond acceptors (Lipinski definition) is 4. The van der Waals surface area contributed by atoms with Crippen molar-refractivity contribution >= 4 is 11.3 Å². The van der Waals surface area contributed by atoms with E-state index < -0.39 is 0 Å². The number of piperidine rings is 1. The molecule has 0 amide bonds. The molecular formula is C12H21N3S. The Kier molecular flexibility index (Phi) is 4.75. The standard InChI is InChI=1S/C12H21N3S/c1-2-15(10-12-14-7-8-16-12)9-11-5-3-4-6-13-11/h7-8,11,13H,2-6,9-10H2,1H3. The lowest BCUT2D eigenvalue weighted by molar-refractivity contribution is 0.226. The van der Waals surface area contributed by atoms with Crippen molar-refractivity contribution in [2.45, 2.75) is 38.8 Å². The van der Waals surface area contributed by atoms with Crippen LogP contribution in [0.1, 0.15) is 31.2 Å². The Bertz CT molecular complexity index is 280. The largest absolute Gasteiger partial charge is 0.313 e. The van der Waals surface area contributed by atoms with Crippen LogP contribution in [0.4, 0.5) is 0 Å². The quantitative estimate of drug-likeness (QED) is 0.853. The molecule has 1 unspecified atom stereocenters. The van der Waals surface area contributed by atoms with Crippen LogP contribution >= 0.6 is 11.3 Å². The van der Waals surface area contributed by atoms with E-state index in [-0.39, 0.29) is 0 Å². The summed E-state index contributed by atoms with van der Waals surface area (Å²) in [6.45, 7) is 6.70. The highest BCUT2D eigenvalue weighted by Gasteiger charge is 2.16. The van der Waals surface area contributed by atoms with Crippen molar-refractivity contribution in [1.29, 1.82) is 0 Å². The third-order valence-corrected chi connectivity index (χ3v) is 3.94. The molecule has 1 saturated heterocycles. The highest BCUT2D eigenvalue weighted by Crippen LogP contribution is 2.12. The average Bonchev–Trinajstić information content (AvgIpc) is 2.82. The molecule has 0 bridgehead atoms. The van der Waals surface area contributed by atoms with E-state index in [1.165, 1.54) is 30.8 Å². The van der Waals surface area contributed by atoms with Crippen molar-refractivity contribution in [3.8, 4) is 0 Å². The summed E-state index contributed by atoms with van der Waals surface area (Å²) in [5.41, 5.74) is 0. The number of nitrogens with zero attached hydrogens (tertiary/aromatic N) is 2. The first-order valence-corrected chi connectivity index (χ1v) is 7.10. The molecular weight excluding hydrogens is 218 g/mol. The molecule has 0 radical (unpaired) electrons. The molecule has 0 aromatic carbocycles. The summed E-state index contributed by atoms with van der Waals surface area (Å²) in [4.78, 5) is 6.84. The number of aromatic nitrogens is 1. The van der Waals surface area contributed by atoms with Crippen molar-refractivity contribution < 1.29 is 0 Å². The Balaban J connectivity index is 1.80.